The van der Waals surface area contributed by atoms with Crippen molar-refractivity contribution < 1.29 is 9.53 Å². The first-order valence-corrected chi connectivity index (χ1v) is 7.59. The zero-order valence-corrected chi connectivity index (χ0v) is 13.1. The van der Waals surface area contributed by atoms with Crippen molar-refractivity contribution in [3.05, 3.63) is 29.3 Å². The van der Waals surface area contributed by atoms with Gasteiger partial charge in [-0.25, -0.2) is 0 Å². The predicted molar refractivity (Wildman–Crippen MR) is 83.9 cm³/mol. The summed E-state index contributed by atoms with van der Waals surface area (Å²) in [6, 6.07) is 7.41. The van der Waals surface area contributed by atoms with Gasteiger partial charge in [-0.15, -0.1) is 0 Å². The Morgan fingerprint density at radius 2 is 1.81 bits per heavy atom. The summed E-state index contributed by atoms with van der Waals surface area (Å²) in [5, 5.41) is 3.37. The molecule has 0 atom stereocenters. The molecule has 116 valence electrons. The van der Waals surface area contributed by atoms with Crippen molar-refractivity contribution in [3.63, 3.8) is 0 Å². The van der Waals surface area contributed by atoms with Crippen LogP contribution in [0.3, 0.4) is 0 Å². The van der Waals surface area contributed by atoms with E-state index in [0.29, 0.717) is 13.2 Å². The second-order valence-electron chi connectivity index (χ2n) is 5.09. The van der Waals surface area contributed by atoms with Crippen molar-refractivity contribution in [3.8, 4) is 5.75 Å². The molecule has 1 aliphatic rings. The number of rotatable bonds is 6. The number of hydrogen-bond acceptors (Lipinski definition) is 4. The maximum absolute atomic E-state index is 11.3. The van der Waals surface area contributed by atoms with E-state index in [4.69, 9.17) is 16.3 Å². The lowest BCUT2D eigenvalue weighted by molar-refractivity contribution is -0.122. The van der Waals surface area contributed by atoms with Crippen molar-refractivity contribution in [1.29, 1.82) is 0 Å². The molecule has 0 aliphatic carbocycles. The lowest BCUT2D eigenvalue weighted by Gasteiger charge is -2.34. The fourth-order valence-electron chi connectivity index (χ4n) is 2.28. The van der Waals surface area contributed by atoms with E-state index in [9.17, 15) is 4.79 Å². The van der Waals surface area contributed by atoms with Gasteiger partial charge in [0.2, 0.25) is 5.91 Å². The first-order valence-electron chi connectivity index (χ1n) is 7.21. The molecule has 5 nitrogen and oxygen atoms in total. The van der Waals surface area contributed by atoms with Crippen LogP contribution in [0.4, 0.5) is 0 Å². The molecule has 0 spiro atoms. The number of piperazine rings is 1. The van der Waals surface area contributed by atoms with E-state index in [2.05, 4.69) is 15.1 Å². The minimum atomic E-state index is 0.0783. The maximum atomic E-state index is 11.3. The zero-order valence-electron chi connectivity index (χ0n) is 12.3. The van der Waals surface area contributed by atoms with Gasteiger partial charge in [-0.3, -0.25) is 14.6 Å². The van der Waals surface area contributed by atoms with E-state index >= 15 is 0 Å². The van der Waals surface area contributed by atoms with E-state index in [-0.39, 0.29) is 5.91 Å². The quantitative estimate of drug-likeness (QED) is 0.854. The molecule has 0 radical (unpaired) electrons. The Kier molecular flexibility index (Phi) is 6.29. The Balaban J connectivity index is 1.62. The topological polar surface area (TPSA) is 44.8 Å². The standard InChI is InChI=1S/C15H22ClN3O2/c1-17-15(20)12-19-8-6-18(7-9-19)10-11-21-14-4-2-13(16)3-5-14/h2-5H,6-12H2,1H3,(H,17,20). The Bertz CT molecular complexity index is 445. The third kappa shape index (κ3) is 5.53. The van der Waals surface area contributed by atoms with Crippen molar-refractivity contribution >= 4 is 17.5 Å². The van der Waals surface area contributed by atoms with Gasteiger partial charge in [0.1, 0.15) is 12.4 Å². The highest BCUT2D eigenvalue weighted by atomic mass is 35.5. The van der Waals surface area contributed by atoms with Crippen molar-refractivity contribution in [1.82, 2.24) is 15.1 Å². The van der Waals surface area contributed by atoms with Crippen molar-refractivity contribution in [2.45, 2.75) is 0 Å². The highest BCUT2D eigenvalue weighted by Crippen LogP contribution is 2.15. The Hall–Kier alpha value is -1.30. The molecule has 1 saturated heterocycles. The van der Waals surface area contributed by atoms with Crippen LogP contribution >= 0.6 is 11.6 Å². The average molecular weight is 312 g/mol. The third-order valence-electron chi connectivity index (χ3n) is 3.60. The number of amides is 1. The second kappa shape index (κ2) is 8.22. The summed E-state index contributed by atoms with van der Waals surface area (Å²) in [6.07, 6.45) is 0. The minimum absolute atomic E-state index is 0.0783. The summed E-state index contributed by atoms with van der Waals surface area (Å²) in [5.41, 5.74) is 0. The highest BCUT2D eigenvalue weighted by Gasteiger charge is 2.18. The maximum Gasteiger partial charge on any atom is 0.233 e. The minimum Gasteiger partial charge on any atom is -0.492 e. The van der Waals surface area contributed by atoms with Crippen LogP contribution in [0.1, 0.15) is 0 Å². The first-order chi connectivity index (χ1) is 10.2. The van der Waals surface area contributed by atoms with Crippen LogP contribution in [-0.2, 0) is 4.79 Å². The number of ether oxygens (including phenoxy) is 1. The molecule has 0 unspecified atom stereocenters. The van der Waals surface area contributed by atoms with Crippen LogP contribution < -0.4 is 10.1 Å². The van der Waals surface area contributed by atoms with Crippen molar-refractivity contribution in [2.75, 3.05) is 52.9 Å². The molecule has 1 N–H and O–H groups in total. The first kappa shape index (κ1) is 16.1. The van der Waals surface area contributed by atoms with E-state index < -0.39 is 0 Å². The largest absolute Gasteiger partial charge is 0.492 e. The van der Waals surface area contributed by atoms with Gasteiger partial charge in [0.15, 0.2) is 0 Å². The monoisotopic (exact) mass is 311 g/mol. The number of carbonyl (C=O) groups is 1. The molecule has 0 saturated carbocycles. The van der Waals surface area contributed by atoms with Crippen LogP contribution in [0, 0.1) is 0 Å². The summed E-state index contributed by atoms with van der Waals surface area (Å²) in [4.78, 5) is 15.9. The number of likely N-dealkylation sites (N-methyl/N-ethyl adjacent to an activating group) is 1. The number of nitrogens with one attached hydrogen (secondary N) is 1. The molecule has 1 heterocycles. The lowest BCUT2D eigenvalue weighted by Crippen LogP contribution is -2.49. The lowest BCUT2D eigenvalue weighted by atomic mass is 10.3. The van der Waals surface area contributed by atoms with Crippen LogP contribution in [0.15, 0.2) is 24.3 Å². The van der Waals surface area contributed by atoms with Crippen LogP contribution in [-0.4, -0.2) is 68.6 Å². The molecule has 1 aromatic rings. The number of benzene rings is 1. The van der Waals surface area contributed by atoms with Gasteiger partial charge < -0.3 is 10.1 Å². The average Bonchev–Trinajstić information content (AvgIpc) is 2.51. The fraction of sp³-hybridized carbons (Fsp3) is 0.533. The van der Waals surface area contributed by atoms with Gasteiger partial charge in [0.25, 0.3) is 0 Å². The molecule has 6 heteroatoms. The molecule has 1 amide bonds. The number of nitrogens with zero attached hydrogens (tertiary/aromatic N) is 2. The molecular formula is C15H22ClN3O2. The normalized spacial score (nSPS) is 16.7. The Labute approximate surface area is 130 Å². The molecule has 1 fully saturated rings. The third-order valence-corrected chi connectivity index (χ3v) is 3.85. The van der Waals surface area contributed by atoms with E-state index in [1.165, 1.54) is 0 Å². The van der Waals surface area contributed by atoms with Gasteiger partial charge >= 0.3 is 0 Å². The molecule has 1 aliphatic heterocycles. The summed E-state index contributed by atoms with van der Waals surface area (Å²) >= 11 is 5.83. The number of carbonyl (C=O) groups excluding carboxylic acids is 1. The molecule has 21 heavy (non-hydrogen) atoms. The number of halogens is 1. The second-order valence-corrected chi connectivity index (χ2v) is 5.53. The molecular weight excluding hydrogens is 290 g/mol. The smallest absolute Gasteiger partial charge is 0.233 e. The summed E-state index contributed by atoms with van der Waals surface area (Å²) in [6.45, 7) is 5.85. The van der Waals surface area contributed by atoms with Crippen LogP contribution in [0.25, 0.3) is 0 Å². The Morgan fingerprint density at radius 1 is 1.19 bits per heavy atom. The van der Waals surface area contributed by atoms with Gasteiger partial charge in [-0.2, -0.15) is 0 Å². The SMILES string of the molecule is CNC(=O)CN1CCN(CCOc2ccc(Cl)cc2)CC1. The van der Waals surface area contributed by atoms with E-state index in [1.54, 1.807) is 7.05 Å². The molecule has 0 aromatic heterocycles. The van der Waals surface area contributed by atoms with E-state index in [1.807, 2.05) is 24.3 Å². The highest BCUT2D eigenvalue weighted by molar-refractivity contribution is 6.30. The number of hydrogen-bond donors (Lipinski definition) is 1. The van der Waals surface area contributed by atoms with E-state index in [0.717, 1.165) is 43.5 Å². The predicted octanol–water partition coefficient (Wildman–Crippen LogP) is 1.08. The van der Waals surface area contributed by atoms with Gasteiger partial charge in [0, 0.05) is 44.8 Å². The fourth-order valence-corrected chi connectivity index (χ4v) is 2.40. The zero-order chi connectivity index (χ0) is 15.1. The summed E-state index contributed by atoms with van der Waals surface area (Å²) in [7, 11) is 1.67. The molecule has 2 rings (SSSR count). The van der Waals surface area contributed by atoms with Gasteiger partial charge in [-0.1, -0.05) is 11.6 Å². The molecule has 0 bridgehead atoms. The van der Waals surface area contributed by atoms with Crippen LogP contribution in [0.5, 0.6) is 5.75 Å². The van der Waals surface area contributed by atoms with Crippen molar-refractivity contribution in [2.24, 2.45) is 0 Å². The molecule has 1 aromatic carbocycles. The van der Waals surface area contributed by atoms with Crippen LogP contribution in [0.2, 0.25) is 5.02 Å². The summed E-state index contributed by atoms with van der Waals surface area (Å²) < 4.78 is 5.69. The summed E-state index contributed by atoms with van der Waals surface area (Å²) in [5.74, 6) is 0.923. The Morgan fingerprint density at radius 3 is 2.43 bits per heavy atom. The van der Waals surface area contributed by atoms with Gasteiger partial charge in [0.05, 0.1) is 6.54 Å². The van der Waals surface area contributed by atoms with Gasteiger partial charge in [-0.05, 0) is 24.3 Å².